The Morgan fingerprint density at radius 3 is 2.67 bits per heavy atom. The van der Waals surface area contributed by atoms with E-state index in [0.717, 1.165) is 57.1 Å². The number of rotatable bonds is 13. The van der Waals surface area contributed by atoms with Crippen molar-refractivity contribution >= 4 is 29.9 Å². The van der Waals surface area contributed by atoms with Gasteiger partial charge < -0.3 is 24.7 Å². The summed E-state index contributed by atoms with van der Waals surface area (Å²) in [7, 11) is 1.67. The molecule has 27 heavy (non-hydrogen) atoms. The first-order valence-corrected chi connectivity index (χ1v) is 9.44. The maximum absolute atomic E-state index is 11.8. The summed E-state index contributed by atoms with van der Waals surface area (Å²) < 4.78 is 12.2. The molecule has 7 nitrogen and oxygen atoms in total. The SMILES string of the molecule is CCNC(=NCCCOCCOC)NCCCCn1c(C)cccc1=O.I. The monoisotopic (exact) mass is 494 g/mol. The van der Waals surface area contributed by atoms with Crippen LogP contribution in [0.2, 0.25) is 0 Å². The topological polar surface area (TPSA) is 76.9 Å². The summed E-state index contributed by atoms with van der Waals surface area (Å²) in [5.74, 6) is 0.831. The molecule has 0 amide bonds. The van der Waals surface area contributed by atoms with Crippen LogP contribution in [0.1, 0.15) is 31.9 Å². The van der Waals surface area contributed by atoms with Gasteiger partial charge in [-0.25, -0.2) is 0 Å². The van der Waals surface area contributed by atoms with Crippen LogP contribution in [-0.2, 0) is 16.0 Å². The van der Waals surface area contributed by atoms with E-state index in [9.17, 15) is 4.79 Å². The molecule has 0 saturated carbocycles. The molecule has 1 aromatic heterocycles. The highest BCUT2D eigenvalue weighted by atomic mass is 127. The Labute approximate surface area is 179 Å². The van der Waals surface area contributed by atoms with Crippen LogP contribution >= 0.6 is 24.0 Å². The molecule has 1 heterocycles. The van der Waals surface area contributed by atoms with Crippen molar-refractivity contribution in [1.82, 2.24) is 15.2 Å². The second-order valence-corrected chi connectivity index (χ2v) is 6.01. The van der Waals surface area contributed by atoms with Crippen LogP contribution in [0.3, 0.4) is 0 Å². The van der Waals surface area contributed by atoms with Crippen molar-refractivity contribution in [3.8, 4) is 0 Å². The summed E-state index contributed by atoms with van der Waals surface area (Å²) in [6.45, 7) is 9.10. The maximum atomic E-state index is 11.8. The maximum Gasteiger partial charge on any atom is 0.250 e. The molecule has 0 radical (unpaired) electrons. The summed E-state index contributed by atoms with van der Waals surface area (Å²) in [5, 5.41) is 6.58. The fraction of sp³-hybridized carbons (Fsp3) is 0.684. The summed E-state index contributed by atoms with van der Waals surface area (Å²) in [5.41, 5.74) is 1.08. The molecule has 0 unspecified atom stereocenters. The van der Waals surface area contributed by atoms with Crippen molar-refractivity contribution in [2.24, 2.45) is 4.99 Å². The number of nitrogens with one attached hydrogen (secondary N) is 2. The number of aliphatic imine (C=N–C) groups is 1. The number of aryl methyl sites for hydroxylation is 1. The number of aromatic nitrogens is 1. The van der Waals surface area contributed by atoms with Crippen LogP contribution < -0.4 is 16.2 Å². The Balaban J connectivity index is 0.00000676. The molecule has 156 valence electrons. The summed E-state index contributed by atoms with van der Waals surface area (Å²) in [6, 6.07) is 5.38. The minimum Gasteiger partial charge on any atom is -0.382 e. The molecule has 0 aliphatic heterocycles. The molecule has 0 atom stereocenters. The number of guanidine groups is 1. The lowest BCUT2D eigenvalue weighted by atomic mass is 10.3. The van der Waals surface area contributed by atoms with Gasteiger partial charge in [0, 0.05) is 51.7 Å². The van der Waals surface area contributed by atoms with Crippen LogP contribution in [0.25, 0.3) is 0 Å². The first-order valence-electron chi connectivity index (χ1n) is 9.44. The summed E-state index contributed by atoms with van der Waals surface area (Å²) in [6.07, 6.45) is 2.81. The molecule has 1 rings (SSSR count). The third kappa shape index (κ3) is 12.0. The predicted molar refractivity (Wildman–Crippen MR) is 121 cm³/mol. The normalized spacial score (nSPS) is 11.1. The minimum absolute atomic E-state index is 0. The van der Waals surface area contributed by atoms with Crippen molar-refractivity contribution in [2.45, 2.75) is 39.7 Å². The smallest absolute Gasteiger partial charge is 0.250 e. The van der Waals surface area contributed by atoms with Crippen LogP contribution in [0.15, 0.2) is 28.0 Å². The van der Waals surface area contributed by atoms with Crippen molar-refractivity contribution in [3.05, 3.63) is 34.2 Å². The van der Waals surface area contributed by atoms with Gasteiger partial charge in [0.1, 0.15) is 0 Å². The highest BCUT2D eigenvalue weighted by Gasteiger charge is 2.00. The Bertz CT molecular complexity index is 578. The van der Waals surface area contributed by atoms with E-state index in [1.807, 2.05) is 17.6 Å². The van der Waals surface area contributed by atoms with Gasteiger partial charge in [0.15, 0.2) is 5.96 Å². The average molecular weight is 494 g/mol. The molecule has 0 fully saturated rings. The lowest BCUT2D eigenvalue weighted by Gasteiger charge is -2.12. The van der Waals surface area contributed by atoms with E-state index in [1.54, 1.807) is 19.2 Å². The van der Waals surface area contributed by atoms with Gasteiger partial charge in [-0.05, 0) is 39.2 Å². The Hall–Kier alpha value is -1.13. The molecular weight excluding hydrogens is 459 g/mol. The summed E-state index contributed by atoms with van der Waals surface area (Å²) >= 11 is 0. The second-order valence-electron chi connectivity index (χ2n) is 6.01. The van der Waals surface area contributed by atoms with Crippen LogP contribution in [0.4, 0.5) is 0 Å². The van der Waals surface area contributed by atoms with Crippen molar-refractivity contribution in [3.63, 3.8) is 0 Å². The molecule has 0 saturated heterocycles. The zero-order valence-electron chi connectivity index (χ0n) is 16.8. The molecule has 0 aliphatic carbocycles. The largest absolute Gasteiger partial charge is 0.382 e. The molecule has 0 bridgehead atoms. The minimum atomic E-state index is 0. The molecule has 8 heteroatoms. The zero-order chi connectivity index (χ0) is 19.0. The van der Waals surface area contributed by atoms with E-state index in [2.05, 4.69) is 22.5 Å². The van der Waals surface area contributed by atoms with E-state index >= 15 is 0 Å². The number of methoxy groups -OCH3 is 1. The molecule has 2 N–H and O–H groups in total. The Kier molecular flexibility index (Phi) is 16.3. The van der Waals surface area contributed by atoms with Gasteiger partial charge in [-0.3, -0.25) is 9.79 Å². The van der Waals surface area contributed by atoms with Gasteiger partial charge in [0.2, 0.25) is 0 Å². The number of hydrogen-bond donors (Lipinski definition) is 2. The summed E-state index contributed by atoms with van der Waals surface area (Å²) in [4.78, 5) is 16.4. The molecule has 0 aromatic carbocycles. The number of ether oxygens (including phenoxy) is 2. The lowest BCUT2D eigenvalue weighted by Crippen LogP contribution is -2.38. The molecule has 1 aromatic rings. The van der Waals surface area contributed by atoms with E-state index in [1.165, 1.54) is 0 Å². The number of pyridine rings is 1. The van der Waals surface area contributed by atoms with Gasteiger partial charge in [-0.2, -0.15) is 0 Å². The van der Waals surface area contributed by atoms with Crippen LogP contribution in [0, 0.1) is 6.92 Å². The first kappa shape index (κ1) is 25.9. The molecule has 0 aliphatic rings. The third-order valence-electron chi connectivity index (χ3n) is 3.86. The van der Waals surface area contributed by atoms with Gasteiger partial charge in [0.05, 0.1) is 13.2 Å². The quantitative estimate of drug-likeness (QED) is 0.190. The average Bonchev–Trinajstić information content (AvgIpc) is 2.62. The molecule has 0 spiro atoms. The third-order valence-corrected chi connectivity index (χ3v) is 3.86. The first-order chi connectivity index (χ1) is 12.7. The van der Waals surface area contributed by atoms with Crippen molar-refractivity contribution in [1.29, 1.82) is 0 Å². The number of unbranched alkanes of at least 4 members (excludes halogenated alkanes) is 1. The van der Waals surface area contributed by atoms with Gasteiger partial charge in [0.25, 0.3) is 5.56 Å². The predicted octanol–water partition coefficient (Wildman–Crippen LogP) is 2.16. The van der Waals surface area contributed by atoms with Gasteiger partial charge in [-0.1, -0.05) is 6.07 Å². The van der Waals surface area contributed by atoms with Crippen molar-refractivity contribution < 1.29 is 9.47 Å². The van der Waals surface area contributed by atoms with E-state index in [0.29, 0.717) is 19.8 Å². The van der Waals surface area contributed by atoms with Gasteiger partial charge in [-0.15, -0.1) is 24.0 Å². The highest BCUT2D eigenvalue weighted by molar-refractivity contribution is 14.0. The number of halogens is 1. The van der Waals surface area contributed by atoms with Crippen molar-refractivity contribution in [2.75, 3.05) is 46.6 Å². The highest BCUT2D eigenvalue weighted by Crippen LogP contribution is 1.97. The second kappa shape index (κ2) is 17.0. The van der Waals surface area contributed by atoms with Gasteiger partial charge >= 0.3 is 0 Å². The van der Waals surface area contributed by atoms with E-state index < -0.39 is 0 Å². The lowest BCUT2D eigenvalue weighted by molar-refractivity contribution is 0.0702. The standard InChI is InChI=1S/C19H34N4O3.HI/c1-4-20-19(22-12-8-14-26-16-15-25-3)21-11-5-6-13-23-17(2)9-7-10-18(23)24;/h7,9-10H,4-6,8,11-16H2,1-3H3,(H2,20,21,22);1H. The van der Waals surface area contributed by atoms with Crippen LogP contribution in [0.5, 0.6) is 0 Å². The fourth-order valence-electron chi connectivity index (χ4n) is 2.46. The fourth-order valence-corrected chi connectivity index (χ4v) is 2.46. The van der Waals surface area contributed by atoms with E-state index in [4.69, 9.17) is 9.47 Å². The number of hydrogen-bond acceptors (Lipinski definition) is 4. The number of nitrogens with zero attached hydrogens (tertiary/aromatic N) is 2. The zero-order valence-corrected chi connectivity index (χ0v) is 19.2. The molecular formula is C19H35IN4O3. The van der Waals surface area contributed by atoms with E-state index in [-0.39, 0.29) is 29.5 Å². The van der Waals surface area contributed by atoms with Crippen LogP contribution in [-0.4, -0.2) is 57.1 Å². The Morgan fingerprint density at radius 2 is 1.96 bits per heavy atom. The Morgan fingerprint density at radius 1 is 1.15 bits per heavy atom.